The number of carbonyl (C=O) groups excluding carboxylic acids is 1. The van der Waals surface area contributed by atoms with E-state index in [1.54, 1.807) is 12.4 Å². The van der Waals surface area contributed by atoms with Crippen LogP contribution in [0, 0.1) is 0 Å². The predicted molar refractivity (Wildman–Crippen MR) is 125 cm³/mol. The van der Waals surface area contributed by atoms with Gasteiger partial charge in [-0.05, 0) is 64.7 Å². The van der Waals surface area contributed by atoms with Crippen LogP contribution < -0.4 is 5.32 Å². The molecule has 2 aromatic carbocycles. The van der Waals surface area contributed by atoms with E-state index in [2.05, 4.69) is 44.5 Å². The Labute approximate surface area is 178 Å². The Morgan fingerprint density at radius 3 is 2.33 bits per heavy atom. The SMILES string of the molecule is CC.O=CNc1nc2ccc(-c3ccc4nccc(-c5ccncc5)c4c3)cc2s1. The topological polar surface area (TPSA) is 67.8 Å². The van der Waals surface area contributed by atoms with Crippen LogP contribution in [0.2, 0.25) is 0 Å². The lowest BCUT2D eigenvalue weighted by Gasteiger charge is -2.09. The van der Waals surface area contributed by atoms with Gasteiger partial charge in [-0.1, -0.05) is 37.3 Å². The average molecular weight is 413 g/mol. The van der Waals surface area contributed by atoms with Crippen molar-refractivity contribution in [2.75, 3.05) is 5.32 Å². The van der Waals surface area contributed by atoms with E-state index in [4.69, 9.17) is 0 Å². The molecule has 1 amide bonds. The van der Waals surface area contributed by atoms with Gasteiger partial charge in [-0.15, -0.1) is 0 Å². The van der Waals surface area contributed by atoms with Crippen molar-refractivity contribution in [3.05, 3.63) is 73.2 Å². The number of nitrogens with zero attached hydrogens (tertiary/aromatic N) is 3. The van der Waals surface area contributed by atoms with E-state index in [9.17, 15) is 4.79 Å². The highest BCUT2D eigenvalue weighted by Crippen LogP contribution is 2.34. The van der Waals surface area contributed by atoms with E-state index < -0.39 is 0 Å². The second-order valence-corrected chi connectivity index (χ2v) is 7.32. The van der Waals surface area contributed by atoms with E-state index in [-0.39, 0.29) is 0 Å². The Hall–Kier alpha value is -3.64. The second-order valence-electron chi connectivity index (χ2n) is 6.29. The van der Waals surface area contributed by atoms with Gasteiger partial charge < -0.3 is 5.32 Å². The van der Waals surface area contributed by atoms with Crippen molar-refractivity contribution in [1.82, 2.24) is 15.0 Å². The van der Waals surface area contributed by atoms with Crippen molar-refractivity contribution in [2.45, 2.75) is 13.8 Å². The fourth-order valence-corrected chi connectivity index (χ4v) is 4.19. The zero-order valence-electron chi connectivity index (χ0n) is 16.7. The first-order valence-corrected chi connectivity index (χ1v) is 10.5. The van der Waals surface area contributed by atoms with Crippen LogP contribution in [0.5, 0.6) is 0 Å². The fraction of sp³-hybridized carbons (Fsp3) is 0.0833. The zero-order chi connectivity index (χ0) is 20.9. The number of nitrogens with one attached hydrogen (secondary N) is 1. The third kappa shape index (κ3) is 3.77. The van der Waals surface area contributed by atoms with Gasteiger partial charge in [0.1, 0.15) is 0 Å². The van der Waals surface area contributed by atoms with Crippen molar-refractivity contribution in [1.29, 1.82) is 0 Å². The van der Waals surface area contributed by atoms with Gasteiger partial charge in [-0.25, -0.2) is 4.98 Å². The van der Waals surface area contributed by atoms with Crippen molar-refractivity contribution in [2.24, 2.45) is 0 Å². The maximum atomic E-state index is 10.7. The van der Waals surface area contributed by atoms with Gasteiger partial charge in [0.2, 0.25) is 6.41 Å². The number of amides is 1. The van der Waals surface area contributed by atoms with Crippen LogP contribution in [0.4, 0.5) is 5.13 Å². The Kier molecular flexibility index (Phi) is 5.77. The molecule has 0 unspecified atom stereocenters. The first-order valence-electron chi connectivity index (χ1n) is 9.72. The maximum absolute atomic E-state index is 10.7. The summed E-state index contributed by atoms with van der Waals surface area (Å²) in [5, 5.41) is 4.32. The number of benzene rings is 2. The summed E-state index contributed by atoms with van der Waals surface area (Å²) in [6, 6.07) is 18.5. The van der Waals surface area contributed by atoms with Crippen LogP contribution in [0.25, 0.3) is 43.4 Å². The largest absolute Gasteiger partial charge is 0.305 e. The Bertz CT molecular complexity index is 1320. The summed E-state index contributed by atoms with van der Waals surface area (Å²) < 4.78 is 1.03. The molecule has 3 heterocycles. The number of thiazole rings is 1. The van der Waals surface area contributed by atoms with Crippen molar-refractivity contribution in [3.8, 4) is 22.3 Å². The standard InChI is InChI=1S/C22H14N4OS.C2H6/c27-13-25-22-26-20-4-2-16(12-21(20)28-22)15-1-3-19-18(11-15)17(7-10-24-19)14-5-8-23-9-6-14;1-2/h1-13H,(H,25,26,27);1-2H3. The molecule has 0 bridgehead atoms. The molecule has 5 aromatic rings. The van der Waals surface area contributed by atoms with Crippen LogP contribution in [0.15, 0.2) is 73.2 Å². The molecule has 0 aliphatic carbocycles. The van der Waals surface area contributed by atoms with Crippen molar-refractivity contribution < 1.29 is 4.79 Å². The monoisotopic (exact) mass is 412 g/mol. The van der Waals surface area contributed by atoms with Gasteiger partial charge in [0, 0.05) is 24.0 Å². The molecule has 0 aliphatic heterocycles. The predicted octanol–water partition coefficient (Wildman–Crippen LogP) is 6.17. The van der Waals surface area contributed by atoms with Crippen LogP contribution in [-0.2, 0) is 4.79 Å². The highest BCUT2D eigenvalue weighted by Gasteiger charge is 2.09. The number of aromatic nitrogens is 3. The maximum Gasteiger partial charge on any atom is 0.213 e. The van der Waals surface area contributed by atoms with E-state index in [1.807, 2.05) is 50.4 Å². The minimum atomic E-state index is 0.602. The molecule has 0 fully saturated rings. The molecule has 0 aliphatic rings. The highest BCUT2D eigenvalue weighted by atomic mass is 32.1. The molecular weight excluding hydrogens is 392 g/mol. The summed E-state index contributed by atoms with van der Waals surface area (Å²) in [4.78, 5) is 23.7. The smallest absolute Gasteiger partial charge is 0.213 e. The second kappa shape index (κ2) is 8.80. The summed E-state index contributed by atoms with van der Waals surface area (Å²) in [6.45, 7) is 4.00. The molecule has 3 aromatic heterocycles. The molecule has 1 N–H and O–H groups in total. The third-order valence-electron chi connectivity index (χ3n) is 4.64. The zero-order valence-corrected chi connectivity index (χ0v) is 17.5. The van der Waals surface area contributed by atoms with Gasteiger partial charge in [0.05, 0.1) is 15.7 Å². The molecule has 6 heteroatoms. The number of fused-ring (bicyclic) bond motifs is 2. The fourth-order valence-electron chi connectivity index (χ4n) is 3.33. The molecule has 5 nitrogen and oxygen atoms in total. The number of carbonyl (C=O) groups is 1. The van der Waals surface area contributed by atoms with Crippen LogP contribution in [0.3, 0.4) is 0 Å². The van der Waals surface area contributed by atoms with E-state index >= 15 is 0 Å². The quantitative estimate of drug-likeness (QED) is 0.359. The molecule has 148 valence electrons. The van der Waals surface area contributed by atoms with Crippen molar-refractivity contribution in [3.63, 3.8) is 0 Å². The van der Waals surface area contributed by atoms with Crippen LogP contribution in [0.1, 0.15) is 13.8 Å². The highest BCUT2D eigenvalue weighted by molar-refractivity contribution is 7.22. The van der Waals surface area contributed by atoms with Gasteiger partial charge in [-0.3, -0.25) is 14.8 Å². The average Bonchev–Trinajstić information content (AvgIpc) is 3.22. The Morgan fingerprint density at radius 2 is 1.57 bits per heavy atom. The minimum Gasteiger partial charge on any atom is -0.305 e. The molecule has 0 saturated carbocycles. The lowest BCUT2D eigenvalue weighted by atomic mass is 9.98. The summed E-state index contributed by atoms with van der Waals surface area (Å²) in [7, 11) is 0. The Morgan fingerprint density at radius 1 is 0.833 bits per heavy atom. The summed E-state index contributed by atoms with van der Waals surface area (Å²) >= 11 is 1.46. The lowest BCUT2D eigenvalue weighted by molar-refractivity contribution is -0.105. The first-order chi connectivity index (χ1) is 14.8. The number of anilines is 1. The van der Waals surface area contributed by atoms with Gasteiger partial charge in [-0.2, -0.15) is 0 Å². The molecule has 0 spiro atoms. The van der Waals surface area contributed by atoms with Gasteiger partial charge >= 0.3 is 0 Å². The van der Waals surface area contributed by atoms with E-state index in [0.717, 1.165) is 43.4 Å². The number of hydrogen-bond donors (Lipinski definition) is 1. The molecule has 0 radical (unpaired) electrons. The molecule has 30 heavy (non-hydrogen) atoms. The molecular formula is C24H20N4OS. The third-order valence-corrected chi connectivity index (χ3v) is 5.59. The minimum absolute atomic E-state index is 0.602. The normalized spacial score (nSPS) is 10.5. The lowest BCUT2D eigenvalue weighted by Crippen LogP contribution is -1.91. The van der Waals surface area contributed by atoms with Crippen LogP contribution >= 0.6 is 11.3 Å². The van der Waals surface area contributed by atoms with E-state index in [1.165, 1.54) is 11.3 Å². The summed E-state index contributed by atoms with van der Waals surface area (Å²) in [5.41, 5.74) is 6.27. The Balaban J connectivity index is 0.00000106. The van der Waals surface area contributed by atoms with E-state index in [0.29, 0.717) is 11.5 Å². The number of hydrogen-bond acceptors (Lipinski definition) is 5. The van der Waals surface area contributed by atoms with Gasteiger partial charge in [0.25, 0.3) is 0 Å². The van der Waals surface area contributed by atoms with Crippen LogP contribution in [-0.4, -0.2) is 21.4 Å². The number of rotatable bonds is 4. The summed E-state index contributed by atoms with van der Waals surface area (Å²) in [5.74, 6) is 0. The molecule has 0 saturated heterocycles. The summed E-state index contributed by atoms with van der Waals surface area (Å²) in [6.07, 6.45) is 6.08. The van der Waals surface area contributed by atoms with Crippen molar-refractivity contribution >= 4 is 44.0 Å². The molecule has 0 atom stereocenters. The number of pyridine rings is 2. The van der Waals surface area contributed by atoms with Gasteiger partial charge in [0.15, 0.2) is 5.13 Å². The first kappa shape index (κ1) is 19.7. The molecule has 5 rings (SSSR count).